The van der Waals surface area contributed by atoms with Gasteiger partial charge in [-0.1, -0.05) is 44.7 Å². The molecule has 0 radical (unpaired) electrons. The zero-order valence-electron chi connectivity index (χ0n) is 10.3. The van der Waals surface area contributed by atoms with Crippen LogP contribution in [-0.4, -0.2) is 9.41 Å². The Bertz CT molecular complexity index is 291. The lowest BCUT2D eigenvalue weighted by molar-refractivity contribution is -0.135. The quantitative estimate of drug-likeness (QED) is 0.396. The Labute approximate surface area is 123 Å². The fraction of sp³-hybridized carbons (Fsp3) is 1.00. The van der Waals surface area contributed by atoms with Gasteiger partial charge in [0.05, 0.1) is 3.23 Å². The minimum absolute atomic E-state index is 0.161. The number of hydrogen-bond acceptors (Lipinski definition) is 0. The van der Waals surface area contributed by atoms with E-state index in [1.807, 2.05) is 0 Å². The normalized spacial score (nSPS) is 34.8. The molecule has 2 fully saturated rings. The molecule has 1 spiro atoms. The first-order chi connectivity index (χ1) is 8.24. The van der Waals surface area contributed by atoms with Gasteiger partial charge >= 0.3 is 6.18 Å². The largest absolute Gasteiger partial charge is 0.389 e. The van der Waals surface area contributed by atoms with E-state index in [0.717, 1.165) is 12.8 Å². The summed E-state index contributed by atoms with van der Waals surface area (Å²) in [7, 11) is 0. The summed E-state index contributed by atoms with van der Waals surface area (Å²) in [5.74, 6) is 0.653. The average Bonchev–Trinajstić information content (AvgIpc) is 2.76. The van der Waals surface area contributed by atoms with E-state index < -0.39 is 12.6 Å². The van der Waals surface area contributed by atoms with E-state index >= 15 is 0 Å². The van der Waals surface area contributed by atoms with Gasteiger partial charge in [-0.05, 0) is 49.9 Å². The molecule has 2 aliphatic carbocycles. The molecular formula is C13H19Br2F3. The maximum Gasteiger partial charge on any atom is 0.389 e. The molecular weight excluding hydrogens is 373 g/mol. The van der Waals surface area contributed by atoms with Crippen LogP contribution in [-0.2, 0) is 0 Å². The summed E-state index contributed by atoms with van der Waals surface area (Å²) in [6.07, 6.45) is 3.41. The molecule has 0 heterocycles. The van der Waals surface area contributed by atoms with Gasteiger partial charge in [0.25, 0.3) is 0 Å². The molecule has 0 saturated heterocycles. The van der Waals surface area contributed by atoms with Gasteiger partial charge in [-0.25, -0.2) is 0 Å². The molecule has 0 aromatic heterocycles. The molecule has 0 atom stereocenters. The van der Waals surface area contributed by atoms with Crippen LogP contribution < -0.4 is 0 Å². The van der Waals surface area contributed by atoms with E-state index in [1.54, 1.807) is 0 Å². The molecule has 0 amide bonds. The first-order valence-corrected chi connectivity index (χ1v) is 8.27. The highest BCUT2D eigenvalue weighted by Gasteiger charge is 2.64. The van der Waals surface area contributed by atoms with Crippen LogP contribution in [0.15, 0.2) is 0 Å². The SMILES string of the molecule is FC(F)(F)CCCCC1CCC2(CC1)CC2(Br)Br. The van der Waals surface area contributed by atoms with E-state index in [0.29, 0.717) is 17.8 Å². The number of halogens is 5. The Morgan fingerprint density at radius 2 is 1.61 bits per heavy atom. The van der Waals surface area contributed by atoms with Crippen LogP contribution in [0.25, 0.3) is 0 Å². The zero-order valence-corrected chi connectivity index (χ0v) is 13.5. The summed E-state index contributed by atoms with van der Waals surface area (Å²) in [5.41, 5.74) is 0.440. The maximum atomic E-state index is 12.0. The highest BCUT2D eigenvalue weighted by atomic mass is 79.9. The summed E-state index contributed by atoms with van der Waals surface area (Å²) in [6, 6.07) is 0. The third-order valence-electron chi connectivity index (χ3n) is 4.60. The van der Waals surface area contributed by atoms with Gasteiger partial charge in [-0.15, -0.1) is 0 Å². The minimum Gasteiger partial charge on any atom is -0.171 e. The van der Waals surface area contributed by atoms with E-state index in [-0.39, 0.29) is 3.23 Å². The average molecular weight is 392 g/mol. The Balaban J connectivity index is 1.60. The Kier molecular flexibility index (Phi) is 4.43. The predicted molar refractivity (Wildman–Crippen MR) is 74.1 cm³/mol. The van der Waals surface area contributed by atoms with Crippen LogP contribution in [0.5, 0.6) is 0 Å². The van der Waals surface area contributed by atoms with Crippen LogP contribution in [0.4, 0.5) is 13.2 Å². The molecule has 2 rings (SSSR count). The predicted octanol–water partition coefficient (Wildman–Crippen LogP) is 6.18. The van der Waals surface area contributed by atoms with Gasteiger partial charge < -0.3 is 0 Å². The van der Waals surface area contributed by atoms with Gasteiger partial charge in [0, 0.05) is 6.42 Å². The third-order valence-corrected chi connectivity index (χ3v) is 6.84. The monoisotopic (exact) mass is 390 g/mol. The number of unbranched alkanes of at least 4 members (excludes halogenated alkanes) is 1. The lowest BCUT2D eigenvalue weighted by Crippen LogP contribution is -2.19. The second kappa shape index (κ2) is 5.27. The van der Waals surface area contributed by atoms with Crippen LogP contribution in [0, 0.1) is 11.3 Å². The lowest BCUT2D eigenvalue weighted by atomic mass is 9.78. The minimum atomic E-state index is -3.98. The van der Waals surface area contributed by atoms with Crippen molar-refractivity contribution < 1.29 is 13.2 Å². The zero-order chi connectivity index (χ0) is 13.4. The molecule has 0 unspecified atom stereocenters. The van der Waals surface area contributed by atoms with Crippen molar-refractivity contribution in [2.75, 3.05) is 0 Å². The number of rotatable bonds is 4. The molecule has 0 aliphatic heterocycles. The molecule has 0 aromatic carbocycles. The van der Waals surface area contributed by atoms with Crippen molar-refractivity contribution in [3.8, 4) is 0 Å². The highest BCUT2D eigenvalue weighted by molar-refractivity contribution is 9.25. The fourth-order valence-electron chi connectivity index (χ4n) is 3.20. The maximum absolute atomic E-state index is 12.0. The fourth-order valence-corrected chi connectivity index (χ4v) is 5.07. The second-order valence-electron chi connectivity index (χ2n) is 5.97. The van der Waals surface area contributed by atoms with Crippen LogP contribution >= 0.6 is 31.9 Å². The van der Waals surface area contributed by atoms with E-state index in [1.165, 1.54) is 32.1 Å². The molecule has 106 valence electrons. The second-order valence-corrected chi connectivity index (χ2v) is 9.74. The van der Waals surface area contributed by atoms with E-state index in [4.69, 9.17) is 0 Å². The van der Waals surface area contributed by atoms with Crippen LogP contribution in [0.3, 0.4) is 0 Å². The number of hydrogen-bond donors (Lipinski definition) is 0. The van der Waals surface area contributed by atoms with Crippen LogP contribution in [0.2, 0.25) is 0 Å². The summed E-state index contributed by atoms with van der Waals surface area (Å²) in [4.78, 5) is 0. The molecule has 0 aromatic rings. The molecule has 5 heteroatoms. The van der Waals surface area contributed by atoms with Crippen molar-refractivity contribution in [1.82, 2.24) is 0 Å². The van der Waals surface area contributed by atoms with Gasteiger partial charge in [-0.3, -0.25) is 0 Å². The highest BCUT2D eigenvalue weighted by Crippen LogP contribution is 2.72. The first-order valence-electron chi connectivity index (χ1n) is 6.69. The Morgan fingerprint density at radius 3 is 2.06 bits per heavy atom. The smallest absolute Gasteiger partial charge is 0.171 e. The standard InChI is InChI=1S/C13H19Br2F3/c14-12(15)9-11(12)7-4-10(5-8-11)3-1-2-6-13(16,17)18/h10H,1-9H2. The van der Waals surface area contributed by atoms with Crippen molar-refractivity contribution in [1.29, 1.82) is 0 Å². The molecule has 18 heavy (non-hydrogen) atoms. The van der Waals surface area contributed by atoms with Gasteiger partial charge in [0.15, 0.2) is 0 Å². The van der Waals surface area contributed by atoms with Gasteiger partial charge in [0.2, 0.25) is 0 Å². The summed E-state index contributed by atoms with van der Waals surface area (Å²) in [6.45, 7) is 0. The third kappa shape index (κ3) is 3.65. The van der Waals surface area contributed by atoms with Crippen molar-refractivity contribution in [3.63, 3.8) is 0 Å². The topological polar surface area (TPSA) is 0 Å². The van der Waals surface area contributed by atoms with E-state index in [2.05, 4.69) is 31.9 Å². The molecule has 0 nitrogen and oxygen atoms in total. The summed E-state index contributed by atoms with van der Waals surface area (Å²) >= 11 is 7.40. The Morgan fingerprint density at radius 1 is 1.06 bits per heavy atom. The van der Waals surface area contributed by atoms with Crippen molar-refractivity contribution >= 4 is 31.9 Å². The van der Waals surface area contributed by atoms with E-state index in [9.17, 15) is 13.2 Å². The van der Waals surface area contributed by atoms with Crippen molar-refractivity contribution in [3.05, 3.63) is 0 Å². The molecule has 0 N–H and O–H groups in total. The molecule has 2 aliphatic rings. The van der Waals surface area contributed by atoms with Crippen molar-refractivity contribution in [2.45, 2.75) is 67.2 Å². The first kappa shape index (κ1) is 15.1. The lowest BCUT2D eigenvalue weighted by Gasteiger charge is -2.30. The Hall–Kier alpha value is 0.750. The van der Waals surface area contributed by atoms with Crippen molar-refractivity contribution in [2.24, 2.45) is 11.3 Å². The van der Waals surface area contributed by atoms with Gasteiger partial charge in [0.1, 0.15) is 0 Å². The number of alkyl halides is 5. The summed E-state index contributed by atoms with van der Waals surface area (Å²) < 4.78 is 36.2. The van der Waals surface area contributed by atoms with Gasteiger partial charge in [-0.2, -0.15) is 13.2 Å². The molecule has 2 saturated carbocycles. The molecule has 0 bridgehead atoms. The van der Waals surface area contributed by atoms with Crippen LogP contribution in [0.1, 0.15) is 57.8 Å². The summed E-state index contributed by atoms with van der Waals surface area (Å²) in [5, 5.41) is 0.